The Morgan fingerprint density at radius 2 is 1.77 bits per heavy atom. The number of likely N-dealkylation sites (tertiary alicyclic amines) is 1. The van der Waals surface area contributed by atoms with Gasteiger partial charge in [-0.25, -0.2) is 4.98 Å². The second kappa shape index (κ2) is 8.10. The maximum Gasteiger partial charge on any atom is 0.291 e. The average Bonchev–Trinajstić information content (AvgIpc) is 3.29. The third-order valence-electron chi connectivity index (χ3n) is 5.89. The minimum absolute atomic E-state index is 0.178. The van der Waals surface area contributed by atoms with E-state index in [0.717, 1.165) is 16.7 Å². The molecule has 4 rings (SSSR count). The van der Waals surface area contributed by atoms with Crippen molar-refractivity contribution in [3.05, 3.63) is 71.8 Å². The number of carbonyl (C=O) groups excluding carboxylic acids is 2. The van der Waals surface area contributed by atoms with E-state index in [0.29, 0.717) is 25.8 Å². The highest BCUT2D eigenvalue weighted by molar-refractivity contribution is 5.91. The highest BCUT2D eigenvalue weighted by atomic mass is 16.2. The summed E-state index contributed by atoms with van der Waals surface area (Å²) in [6.45, 7) is 2.92. The van der Waals surface area contributed by atoms with Gasteiger partial charge in [-0.05, 0) is 42.9 Å². The van der Waals surface area contributed by atoms with Crippen LogP contribution in [0.5, 0.6) is 0 Å². The highest BCUT2D eigenvalue weighted by Crippen LogP contribution is 2.34. The van der Waals surface area contributed by atoms with Gasteiger partial charge in [0.1, 0.15) is 6.33 Å². The molecule has 0 unspecified atom stereocenters. The number of primary amides is 1. The second-order valence-electron chi connectivity index (χ2n) is 8.05. The molecule has 3 N–H and O–H groups in total. The van der Waals surface area contributed by atoms with Crippen molar-refractivity contribution >= 4 is 11.8 Å². The molecule has 0 radical (unpaired) electrons. The van der Waals surface area contributed by atoms with Crippen LogP contribution in [0.4, 0.5) is 0 Å². The molecule has 1 atom stereocenters. The first-order valence-corrected chi connectivity index (χ1v) is 10.1. The van der Waals surface area contributed by atoms with Crippen LogP contribution >= 0.6 is 0 Å². The minimum Gasteiger partial charge on any atom is -0.369 e. The molecule has 1 aliphatic rings. The van der Waals surface area contributed by atoms with E-state index in [-0.39, 0.29) is 24.2 Å². The minimum atomic E-state index is -0.792. The van der Waals surface area contributed by atoms with Gasteiger partial charge in [-0.1, -0.05) is 54.1 Å². The molecule has 3 aromatic rings. The zero-order valence-corrected chi connectivity index (χ0v) is 17.0. The Morgan fingerprint density at radius 1 is 1.10 bits per heavy atom. The molecule has 30 heavy (non-hydrogen) atoms. The lowest BCUT2D eigenvalue weighted by Gasteiger charge is -2.40. The molecule has 7 heteroatoms. The molecule has 0 bridgehead atoms. The van der Waals surface area contributed by atoms with Crippen LogP contribution in [-0.2, 0) is 11.2 Å². The van der Waals surface area contributed by atoms with E-state index in [4.69, 9.17) is 5.73 Å². The van der Waals surface area contributed by atoms with Crippen LogP contribution in [0.2, 0.25) is 0 Å². The van der Waals surface area contributed by atoms with E-state index in [2.05, 4.69) is 58.5 Å². The average molecular weight is 403 g/mol. The van der Waals surface area contributed by atoms with Crippen LogP contribution in [-0.4, -0.2) is 45.0 Å². The van der Waals surface area contributed by atoms with Gasteiger partial charge in [0.25, 0.3) is 5.91 Å². The van der Waals surface area contributed by atoms with Crippen LogP contribution in [0.15, 0.2) is 54.9 Å². The number of piperidine rings is 1. The number of carbonyl (C=O) groups is 2. The van der Waals surface area contributed by atoms with Gasteiger partial charge in [0, 0.05) is 13.1 Å². The topological polar surface area (TPSA) is 105 Å². The molecule has 1 saturated heterocycles. The first-order valence-electron chi connectivity index (χ1n) is 10.1. The van der Waals surface area contributed by atoms with Gasteiger partial charge in [-0.3, -0.25) is 14.7 Å². The summed E-state index contributed by atoms with van der Waals surface area (Å²) in [7, 11) is 0. The molecule has 2 amide bonds. The quantitative estimate of drug-likeness (QED) is 0.683. The number of nitrogens with one attached hydrogen (secondary N) is 1. The number of amides is 2. The fraction of sp³-hybridized carbons (Fsp3) is 0.304. The van der Waals surface area contributed by atoms with Crippen LogP contribution in [0, 0.1) is 12.3 Å². The Bertz CT molecular complexity index is 1030. The van der Waals surface area contributed by atoms with E-state index >= 15 is 0 Å². The van der Waals surface area contributed by atoms with Crippen molar-refractivity contribution in [1.29, 1.82) is 0 Å². The van der Waals surface area contributed by atoms with Crippen molar-refractivity contribution < 1.29 is 9.59 Å². The van der Waals surface area contributed by atoms with Crippen molar-refractivity contribution in [1.82, 2.24) is 20.1 Å². The van der Waals surface area contributed by atoms with E-state index in [9.17, 15) is 9.59 Å². The summed E-state index contributed by atoms with van der Waals surface area (Å²) in [6.07, 6.45) is 3.16. The first-order chi connectivity index (χ1) is 14.5. The number of hydrogen-bond acceptors (Lipinski definition) is 4. The molecule has 2 aromatic carbocycles. The summed E-state index contributed by atoms with van der Waals surface area (Å²) in [6, 6.07) is 16.6. The van der Waals surface area contributed by atoms with E-state index < -0.39 is 5.41 Å². The summed E-state index contributed by atoms with van der Waals surface area (Å²) < 4.78 is 0. The molecule has 1 aliphatic heterocycles. The Kier molecular flexibility index (Phi) is 5.35. The fourth-order valence-corrected chi connectivity index (χ4v) is 4.15. The molecule has 7 nitrogen and oxygen atoms in total. The van der Waals surface area contributed by atoms with E-state index in [1.54, 1.807) is 4.90 Å². The molecule has 0 saturated carbocycles. The molecule has 154 valence electrons. The Balaban J connectivity index is 1.53. The smallest absolute Gasteiger partial charge is 0.291 e. The summed E-state index contributed by atoms with van der Waals surface area (Å²) >= 11 is 0. The third kappa shape index (κ3) is 3.96. The molecule has 0 spiro atoms. The van der Waals surface area contributed by atoms with Gasteiger partial charge in [-0.15, -0.1) is 0 Å². The summed E-state index contributed by atoms with van der Waals surface area (Å²) in [5, 5.41) is 6.34. The maximum absolute atomic E-state index is 12.7. The Morgan fingerprint density at radius 3 is 2.37 bits per heavy atom. The second-order valence-corrected chi connectivity index (χ2v) is 8.05. The van der Waals surface area contributed by atoms with Crippen molar-refractivity contribution in [2.45, 2.75) is 26.2 Å². The molecule has 2 heterocycles. The molecular weight excluding hydrogens is 378 g/mol. The number of H-pyrrole nitrogens is 1. The van der Waals surface area contributed by atoms with Gasteiger partial charge in [0.05, 0.1) is 5.41 Å². The number of nitrogens with zero attached hydrogens (tertiary/aromatic N) is 3. The highest BCUT2D eigenvalue weighted by Gasteiger charge is 2.42. The number of aromatic nitrogens is 3. The van der Waals surface area contributed by atoms with E-state index in [1.165, 1.54) is 11.9 Å². The Labute approximate surface area is 175 Å². The monoisotopic (exact) mass is 403 g/mol. The maximum atomic E-state index is 12.7. The number of nitrogens with two attached hydrogens (primary N) is 1. The largest absolute Gasteiger partial charge is 0.369 e. The summed E-state index contributed by atoms with van der Waals surface area (Å²) in [4.78, 5) is 30.8. The van der Waals surface area contributed by atoms with Crippen molar-refractivity contribution in [2.75, 3.05) is 13.1 Å². The zero-order chi connectivity index (χ0) is 21.1. The number of aryl methyl sites for hydroxylation is 1. The van der Waals surface area contributed by atoms with Crippen LogP contribution in [0.3, 0.4) is 0 Å². The lowest BCUT2D eigenvalue weighted by Crippen LogP contribution is -2.53. The van der Waals surface area contributed by atoms with Crippen LogP contribution in [0.25, 0.3) is 11.1 Å². The molecule has 0 aliphatic carbocycles. The van der Waals surface area contributed by atoms with Gasteiger partial charge < -0.3 is 10.6 Å². The molecule has 1 aromatic heterocycles. The zero-order valence-electron chi connectivity index (χ0n) is 17.0. The van der Waals surface area contributed by atoms with Gasteiger partial charge in [0.15, 0.2) is 0 Å². The van der Waals surface area contributed by atoms with Gasteiger partial charge >= 0.3 is 0 Å². The number of hydrogen-bond donors (Lipinski definition) is 2. The van der Waals surface area contributed by atoms with Crippen LogP contribution in [0.1, 0.15) is 34.6 Å². The fourth-order valence-electron chi connectivity index (χ4n) is 4.15. The number of aromatic amines is 1. The van der Waals surface area contributed by atoms with Crippen molar-refractivity contribution in [2.24, 2.45) is 11.1 Å². The van der Waals surface area contributed by atoms with E-state index in [1.807, 2.05) is 12.1 Å². The van der Waals surface area contributed by atoms with Gasteiger partial charge in [-0.2, -0.15) is 5.10 Å². The van der Waals surface area contributed by atoms with Crippen LogP contribution < -0.4 is 5.73 Å². The summed E-state index contributed by atoms with van der Waals surface area (Å²) in [5.74, 6) is -0.453. The lowest BCUT2D eigenvalue weighted by molar-refractivity contribution is -0.130. The molecular formula is C23H25N5O2. The lowest BCUT2D eigenvalue weighted by atomic mass is 9.74. The number of rotatable bonds is 5. The predicted molar refractivity (Wildman–Crippen MR) is 113 cm³/mol. The Hall–Kier alpha value is -3.48. The number of benzene rings is 2. The summed E-state index contributed by atoms with van der Waals surface area (Å²) in [5.41, 5.74) is 9.58. The third-order valence-corrected chi connectivity index (χ3v) is 5.89. The normalized spacial score (nSPS) is 18.9. The first kappa shape index (κ1) is 19.8. The SMILES string of the molecule is Cc1ccc(-c2ccc(C[C@]3(C(N)=O)CCCN(C(=O)c4ncn[nH]4)C3)cc2)cc1. The molecule has 1 fully saturated rings. The standard InChI is InChI=1S/C23H25N5O2/c1-16-3-7-18(8-4-16)19-9-5-17(6-10-19)13-23(22(24)30)11-2-12-28(14-23)21(29)20-25-15-26-27-20/h3-10,15H,2,11-14H2,1H3,(H2,24,30)(H,25,26,27)/t23-/m1/s1. The van der Waals surface area contributed by atoms with Crippen molar-refractivity contribution in [3.63, 3.8) is 0 Å². The van der Waals surface area contributed by atoms with Gasteiger partial charge in [0.2, 0.25) is 11.7 Å². The predicted octanol–water partition coefficient (Wildman–Crippen LogP) is 2.73. The van der Waals surface area contributed by atoms with Crippen molar-refractivity contribution in [3.8, 4) is 11.1 Å².